The lowest BCUT2D eigenvalue weighted by atomic mass is 10.1. The number of ether oxygens (including phenoxy) is 1. The first-order valence-corrected chi connectivity index (χ1v) is 6.70. The van der Waals surface area contributed by atoms with Crippen LogP contribution in [0.1, 0.15) is 22.4 Å². The Morgan fingerprint density at radius 3 is 3.10 bits per heavy atom. The number of hydrogen-bond donors (Lipinski definition) is 1. The minimum Gasteiger partial charge on any atom is -0.370 e. The zero-order valence-corrected chi connectivity index (χ0v) is 11.3. The summed E-state index contributed by atoms with van der Waals surface area (Å²) in [5, 5.41) is 3.53. The Kier molecular flexibility index (Phi) is 2.68. The Hall–Kier alpha value is -1.98. The molecule has 2 aliphatic heterocycles. The lowest BCUT2D eigenvalue weighted by Crippen LogP contribution is -2.02. The molecule has 1 N–H and O–H groups in total. The second kappa shape index (κ2) is 4.54. The van der Waals surface area contributed by atoms with Crippen molar-refractivity contribution in [1.29, 1.82) is 0 Å². The van der Waals surface area contributed by atoms with Crippen molar-refractivity contribution in [2.75, 3.05) is 5.32 Å². The molecular formula is C14H11ClN4O. The van der Waals surface area contributed by atoms with E-state index in [0.717, 1.165) is 29.1 Å². The van der Waals surface area contributed by atoms with Crippen molar-refractivity contribution in [1.82, 2.24) is 9.97 Å². The van der Waals surface area contributed by atoms with E-state index < -0.39 is 0 Å². The predicted octanol–water partition coefficient (Wildman–Crippen LogP) is 2.84. The number of rotatable bonds is 2. The molecule has 0 atom stereocenters. The average Bonchev–Trinajstić information content (AvgIpc) is 3.05. The summed E-state index contributed by atoms with van der Waals surface area (Å²) in [5.41, 5.74) is 5.17. The van der Waals surface area contributed by atoms with Gasteiger partial charge in [0.05, 0.1) is 25.5 Å². The van der Waals surface area contributed by atoms with E-state index in [9.17, 15) is 0 Å². The van der Waals surface area contributed by atoms with Crippen LogP contribution in [0.25, 0.3) is 0 Å². The van der Waals surface area contributed by atoms with E-state index in [1.54, 1.807) is 0 Å². The summed E-state index contributed by atoms with van der Waals surface area (Å²) in [5.74, 6) is 0.715. The number of halogens is 1. The number of benzene rings is 1. The molecule has 4 rings (SSSR count). The molecule has 0 fully saturated rings. The minimum absolute atomic E-state index is 0.236. The number of anilines is 2. The summed E-state index contributed by atoms with van der Waals surface area (Å²) >= 11 is 5.95. The van der Waals surface area contributed by atoms with E-state index in [4.69, 9.17) is 16.3 Å². The van der Waals surface area contributed by atoms with E-state index in [1.807, 2.05) is 12.3 Å². The van der Waals surface area contributed by atoms with Gasteiger partial charge in [0.2, 0.25) is 5.28 Å². The van der Waals surface area contributed by atoms with Crippen molar-refractivity contribution in [2.24, 2.45) is 4.99 Å². The fourth-order valence-electron chi connectivity index (χ4n) is 2.44. The summed E-state index contributed by atoms with van der Waals surface area (Å²) in [6, 6.07) is 6.15. The SMILES string of the molecule is Clc1nc2c(c(Nc3ccc4c(c3)C=NC4)n1)COC2. The van der Waals surface area contributed by atoms with Gasteiger partial charge in [-0.1, -0.05) is 6.07 Å². The highest BCUT2D eigenvalue weighted by Crippen LogP contribution is 2.29. The number of hydrogen-bond acceptors (Lipinski definition) is 5. The summed E-state index contributed by atoms with van der Waals surface area (Å²) in [6.45, 7) is 1.77. The minimum atomic E-state index is 0.236. The third-order valence-corrected chi connectivity index (χ3v) is 3.62. The average molecular weight is 287 g/mol. The quantitative estimate of drug-likeness (QED) is 0.863. The van der Waals surface area contributed by atoms with Gasteiger partial charge in [-0.25, -0.2) is 9.97 Å². The molecule has 1 aromatic carbocycles. The standard InChI is InChI=1S/C14H11ClN4O/c15-14-18-12-7-20-6-11(12)13(19-14)17-10-2-1-8-4-16-5-9(8)3-10/h1-3,5H,4,6-7H2,(H,17,18,19). The summed E-state index contributed by atoms with van der Waals surface area (Å²) in [7, 11) is 0. The fourth-order valence-corrected chi connectivity index (χ4v) is 2.63. The van der Waals surface area contributed by atoms with E-state index in [-0.39, 0.29) is 5.28 Å². The third kappa shape index (κ3) is 1.95. The molecule has 2 aromatic rings. The number of nitrogens with zero attached hydrogens (tertiary/aromatic N) is 3. The second-order valence-corrected chi connectivity index (χ2v) is 5.11. The lowest BCUT2D eigenvalue weighted by Gasteiger charge is -2.10. The van der Waals surface area contributed by atoms with Crippen molar-refractivity contribution < 1.29 is 4.74 Å². The van der Waals surface area contributed by atoms with Crippen molar-refractivity contribution >= 4 is 29.3 Å². The van der Waals surface area contributed by atoms with Crippen LogP contribution in [0.15, 0.2) is 23.2 Å². The van der Waals surface area contributed by atoms with E-state index in [2.05, 4.69) is 32.4 Å². The predicted molar refractivity (Wildman–Crippen MR) is 76.6 cm³/mol. The topological polar surface area (TPSA) is 59.4 Å². The first-order chi connectivity index (χ1) is 9.79. The maximum absolute atomic E-state index is 5.95. The molecule has 0 amide bonds. The van der Waals surface area contributed by atoms with Crippen LogP contribution in [-0.4, -0.2) is 16.2 Å². The molecule has 2 aliphatic rings. The lowest BCUT2D eigenvalue weighted by molar-refractivity contribution is 0.133. The molecule has 5 nitrogen and oxygen atoms in total. The molecule has 0 aliphatic carbocycles. The van der Waals surface area contributed by atoms with Gasteiger partial charge in [0.15, 0.2) is 0 Å². The van der Waals surface area contributed by atoms with Gasteiger partial charge in [0, 0.05) is 17.5 Å². The van der Waals surface area contributed by atoms with Gasteiger partial charge in [0.1, 0.15) is 5.82 Å². The molecule has 100 valence electrons. The molecule has 0 saturated carbocycles. The highest BCUT2D eigenvalue weighted by Gasteiger charge is 2.20. The first kappa shape index (κ1) is 11.8. The Morgan fingerprint density at radius 2 is 2.15 bits per heavy atom. The van der Waals surface area contributed by atoms with Gasteiger partial charge >= 0.3 is 0 Å². The Labute approximate surface area is 120 Å². The van der Waals surface area contributed by atoms with Crippen LogP contribution in [0, 0.1) is 0 Å². The Morgan fingerprint density at radius 1 is 1.20 bits per heavy atom. The molecule has 20 heavy (non-hydrogen) atoms. The zero-order chi connectivity index (χ0) is 13.5. The Bertz CT molecular complexity index is 729. The molecular weight excluding hydrogens is 276 g/mol. The van der Waals surface area contributed by atoms with Crippen molar-refractivity contribution in [3.63, 3.8) is 0 Å². The summed E-state index contributed by atoms with van der Waals surface area (Å²) in [6.07, 6.45) is 1.89. The van der Waals surface area contributed by atoms with Crippen molar-refractivity contribution in [3.05, 3.63) is 45.9 Å². The number of aliphatic imine (C=N–C) groups is 1. The largest absolute Gasteiger partial charge is 0.370 e. The van der Waals surface area contributed by atoms with Crippen LogP contribution in [-0.2, 0) is 24.5 Å². The smallest absolute Gasteiger partial charge is 0.224 e. The second-order valence-electron chi connectivity index (χ2n) is 4.77. The number of fused-ring (bicyclic) bond motifs is 2. The summed E-state index contributed by atoms with van der Waals surface area (Å²) < 4.78 is 5.40. The molecule has 0 bridgehead atoms. The van der Waals surface area contributed by atoms with Gasteiger partial charge in [0.25, 0.3) is 0 Å². The van der Waals surface area contributed by atoms with Gasteiger partial charge in [-0.2, -0.15) is 0 Å². The van der Waals surface area contributed by atoms with Crippen LogP contribution in [0.2, 0.25) is 5.28 Å². The van der Waals surface area contributed by atoms with Crippen LogP contribution in [0.4, 0.5) is 11.5 Å². The van der Waals surface area contributed by atoms with Crippen molar-refractivity contribution in [3.8, 4) is 0 Å². The first-order valence-electron chi connectivity index (χ1n) is 6.32. The third-order valence-electron chi connectivity index (χ3n) is 3.45. The molecule has 0 saturated heterocycles. The monoisotopic (exact) mass is 286 g/mol. The van der Waals surface area contributed by atoms with Crippen LogP contribution in [0.3, 0.4) is 0 Å². The molecule has 1 aromatic heterocycles. The molecule has 3 heterocycles. The van der Waals surface area contributed by atoms with Crippen LogP contribution in [0.5, 0.6) is 0 Å². The number of nitrogens with one attached hydrogen (secondary N) is 1. The van der Waals surface area contributed by atoms with Crippen LogP contribution >= 0.6 is 11.6 Å². The van der Waals surface area contributed by atoms with Crippen LogP contribution < -0.4 is 5.32 Å². The highest BCUT2D eigenvalue weighted by molar-refractivity contribution is 6.28. The molecule has 0 spiro atoms. The Balaban J connectivity index is 1.71. The molecule has 0 radical (unpaired) electrons. The maximum Gasteiger partial charge on any atom is 0.224 e. The van der Waals surface area contributed by atoms with Gasteiger partial charge in [-0.15, -0.1) is 0 Å². The van der Waals surface area contributed by atoms with E-state index in [0.29, 0.717) is 19.0 Å². The van der Waals surface area contributed by atoms with Gasteiger partial charge < -0.3 is 10.1 Å². The molecule has 0 unspecified atom stereocenters. The normalized spacial score (nSPS) is 15.2. The highest BCUT2D eigenvalue weighted by atomic mass is 35.5. The van der Waals surface area contributed by atoms with Crippen molar-refractivity contribution in [2.45, 2.75) is 19.8 Å². The molecule has 6 heteroatoms. The zero-order valence-electron chi connectivity index (χ0n) is 10.6. The number of aromatic nitrogens is 2. The van der Waals surface area contributed by atoms with E-state index >= 15 is 0 Å². The van der Waals surface area contributed by atoms with Gasteiger partial charge in [-0.05, 0) is 34.9 Å². The summed E-state index contributed by atoms with van der Waals surface area (Å²) in [4.78, 5) is 12.7. The fraction of sp³-hybridized carbons (Fsp3) is 0.214. The van der Waals surface area contributed by atoms with Gasteiger partial charge in [-0.3, -0.25) is 4.99 Å². The maximum atomic E-state index is 5.95. The van der Waals surface area contributed by atoms with E-state index in [1.165, 1.54) is 5.56 Å².